The zero-order valence-electron chi connectivity index (χ0n) is 12.2. The highest BCUT2D eigenvalue weighted by Gasteiger charge is 2.11. The van der Waals surface area contributed by atoms with Crippen LogP contribution >= 0.6 is 0 Å². The van der Waals surface area contributed by atoms with Gasteiger partial charge in [0.2, 0.25) is 5.65 Å². The summed E-state index contributed by atoms with van der Waals surface area (Å²) >= 11 is 0. The van der Waals surface area contributed by atoms with Crippen LogP contribution in [0.2, 0.25) is 0 Å². The van der Waals surface area contributed by atoms with Crippen molar-refractivity contribution < 1.29 is 0 Å². The Bertz CT molecular complexity index is 1020. The summed E-state index contributed by atoms with van der Waals surface area (Å²) in [4.78, 5) is 20.6. The van der Waals surface area contributed by atoms with Crippen LogP contribution in [0.15, 0.2) is 53.6 Å². The lowest BCUT2D eigenvalue weighted by molar-refractivity contribution is 0.999. The molecule has 114 valence electrons. The fourth-order valence-corrected chi connectivity index (χ4v) is 2.59. The SMILES string of the molecule is O=c1[nH]nc2c(NCCc3ccncc3)nc3ccccc3n12. The zero-order chi connectivity index (χ0) is 15.6. The molecule has 0 aliphatic heterocycles. The average molecular weight is 306 g/mol. The van der Waals surface area contributed by atoms with Crippen LogP contribution in [0, 0.1) is 0 Å². The number of nitrogens with one attached hydrogen (secondary N) is 2. The van der Waals surface area contributed by atoms with Gasteiger partial charge < -0.3 is 5.32 Å². The molecule has 0 fully saturated rings. The van der Waals surface area contributed by atoms with Crippen molar-refractivity contribution in [2.24, 2.45) is 0 Å². The number of aromatic nitrogens is 5. The Morgan fingerprint density at radius 3 is 2.83 bits per heavy atom. The summed E-state index contributed by atoms with van der Waals surface area (Å²) in [7, 11) is 0. The number of H-pyrrole nitrogens is 1. The topological polar surface area (TPSA) is 88.0 Å². The lowest BCUT2D eigenvalue weighted by Crippen LogP contribution is -2.13. The molecule has 0 spiro atoms. The Kier molecular flexibility index (Phi) is 3.23. The number of hydrogen-bond acceptors (Lipinski definition) is 5. The van der Waals surface area contributed by atoms with Crippen LogP contribution in [-0.4, -0.2) is 31.1 Å². The van der Waals surface area contributed by atoms with E-state index < -0.39 is 0 Å². The molecule has 0 aliphatic rings. The van der Waals surface area contributed by atoms with E-state index in [0.717, 1.165) is 17.5 Å². The summed E-state index contributed by atoms with van der Waals surface area (Å²) in [5, 5.41) is 9.84. The van der Waals surface area contributed by atoms with E-state index in [1.54, 1.807) is 12.4 Å². The lowest BCUT2D eigenvalue weighted by atomic mass is 10.2. The third-order valence-corrected chi connectivity index (χ3v) is 3.69. The number of para-hydroxylation sites is 2. The maximum Gasteiger partial charge on any atom is 0.348 e. The molecular weight excluding hydrogens is 292 g/mol. The molecule has 2 N–H and O–H groups in total. The predicted molar refractivity (Wildman–Crippen MR) is 87.5 cm³/mol. The van der Waals surface area contributed by atoms with Crippen LogP contribution in [0.4, 0.5) is 5.82 Å². The second kappa shape index (κ2) is 5.53. The minimum atomic E-state index is -0.268. The van der Waals surface area contributed by atoms with Crippen molar-refractivity contribution in [1.82, 2.24) is 24.6 Å². The van der Waals surface area contributed by atoms with Crippen molar-refractivity contribution in [2.75, 3.05) is 11.9 Å². The number of rotatable bonds is 4. The summed E-state index contributed by atoms with van der Waals surface area (Å²) in [5.74, 6) is 0.594. The standard InChI is InChI=1S/C16H14N6O/c23-16-21-20-15-14(18-10-7-11-5-8-17-9-6-11)19-12-3-1-2-4-13(12)22(15)16/h1-6,8-9H,7,10H2,(H,18,19)(H,21,23). The molecule has 0 saturated heterocycles. The number of nitrogens with zero attached hydrogens (tertiary/aromatic N) is 4. The largest absolute Gasteiger partial charge is 0.367 e. The molecule has 7 heteroatoms. The van der Waals surface area contributed by atoms with Gasteiger partial charge in [-0.05, 0) is 36.2 Å². The first-order chi connectivity index (χ1) is 11.3. The number of pyridine rings is 1. The monoisotopic (exact) mass is 306 g/mol. The Hall–Kier alpha value is -3.22. The molecule has 4 aromatic rings. The van der Waals surface area contributed by atoms with E-state index in [-0.39, 0.29) is 5.69 Å². The van der Waals surface area contributed by atoms with Crippen molar-refractivity contribution >= 4 is 22.5 Å². The number of anilines is 1. The van der Waals surface area contributed by atoms with Gasteiger partial charge in [0.15, 0.2) is 5.82 Å². The van der Waals surface area contributed by atoms with Crippen LogP contribution in [0.3, 0.4) is 0 Å². The van der Waals surface area contributed by atoms with Gasteiger partial charge in [-0.25, -0.2) is 19.3 Å². The van der Waals surface area contributed by atoms with Crippen molar-refractivity contribution in [3.8, 4) is 0 Å². The molecule has 7 nitrogen and oxygen atoms in total. The fraction of sp³-hybridized carbons (Fsp3) is 0.125. The van der Waals surface area contributed by atoms with Gasteiger partial charge in [-0.3, -0.25) is 4.98 Å². The molecule has 0 unspecified atom stereocenters. The van der Waals surface area contributed by atoms with Gasteiger partial charge in [0.25, 0.3) is 0 Å². The molecule has 4 rings (SSSR count). The molecule has 3 aromatic heterocycles. The number of benzene rings is 1. The first-order valence-electron chi connectivity index (χ1n) is 7.31. The van der Waals surface area contributed by atoms with Crippen LogP contribution in [-0.2, 0) is 6.42 Å². The molecular formula is C16H14N6O. The smallest absolute Gasteiger partial charge is 0.348 e. The normalized spacial score (nSPS) is 11.1. The third-order valence-electron chi connectivity index (χ3n) is 3.69. The highest BCUT2D eigenvalue weighted by molar-refractivity contribution is 5.82. The van der Waals surface area contributed by atoms with Gasteiger partial charge in [0.05, 0.1) is 11.0 Å². The summed E-state index contributed by atoms with van der Waals surface area (Å²) in [6.07, 6.45) is 4.38. The van der Waals surface area contributed by atoms with Crippen LogP contribution in [0.25, 0.3) is 16.7 Å². The summed E-state index contributed by atoms with van der Waals surface area (Å²) in [6, 6.07) is 11.5. The maximum absolute atomic E-state index is 12.0. The highest BCUT2D eigenvalue weighted by atomic mass is 16.1. The van der Waals surface area contributed by atoms with Crippen LogP contribution in [0.5, 0.6) is 0 Å². The van der Waals surface area contributed by atoms with E-state index in [4.69, 9.17) is 0 Å². The van der Waals surface area contributed by atoms with E-state index >= 15 is 0 Å². The molecule has 0 aliphatic carbocycles. The molecule has 0 saturated carbocycles. The predicted octanol–water partition coefficient (Wildman–Crippen LogP) is 1.62. The second-order valence-electron chi connectivity index (χ2n) is 5.17. The molecule has 0 atom stereocenters. The summed E-state index contributed by atoms with van der Waals surface area (Å²) in [5.41, 5.74) is 2.90. The summed E-state index contributed by atoms with van der Waals surface area (Å²) in [6.45, 7) is 0.687. The Labute approximate surface area is 131 Å². The molecule has 0 radical (unpaired) electrons. The fourth-order valence-electron chi connectivity index (χ4n) is 2.59. The number of aromatic amines is 1. The van der Waals surface area contributed by atoms with Gasteiger partial charge in [-0.2, -0.15) is 0 Å². The van der Waals surface area contributed by atoms with Gasteiger partial charge in [0, 0.05) is 18.9 Å². The molecule has 0 amide bonds. The molecule has 23 heavy (non-hydrogen) atoms. The Morgan fingerprint density at radius 1 is 1.13 bits per heavy atom. The minimum absolute atomic E-state index is 0.268. The van der Waals surface area contributed by atoms with E-state index in [0.29, 0.717) is 18.0 Å². The van der Waals surface area contributed by atoms with Gasteiger partial charge in [-0.1, -0.05) is 12.1 Å². The first kappa shape index (κ1) is 13.4. The van der Waals surface area contributed by atoms with Gasteiger partial charge in [-0.15, -0.1) is 5.10 Å². The van der Waals surface area contributed by atoms with Crippen molar-refractivity contribution in [1.29, 1.82) is 0 Å². The van der Waals surface area contributed by atoms with Crippen LogP contribution in [0.1, 0.15) is 5.56 Å². The quantitative estimate of drug-likeness (QED) is 0.598. The third kappa shape index (κ3) is 2.42. The first-order valence-corrected chi connectivity index (χ1v) is 7.31. The Morgan fingerprint density at radius 2 is 1.96 bits per heavy atom. The van der Waals surface area contributed by atoms with Gasteiger partial charge in [0.1, 0.15) is 0 Å². The van der Waals surface area contributed by atoms with Crippen molar-refractivity contribution in [3.63, 3.8) is 0 Å². The maximum atomic E-state index is 12.0. The lowest BCUT2D eigenvalue weighted by Gasteiger charge is -2.08. The zero-order valence-corrected chi connectivity index (χ0v) is 12.2. The van der Waals surface area contributed by atoms with Crippen molar-refractivity contribution in [3.05, 3.63) is 64.8 Å². The molecule has 0 bridgehead atoms. The van der Waals surface area contributed by atoms with Gasteiger partial charge >= 0.3 is 5.69 Å². The van der Waals surface area contributed by atoms with Crippen LogP contribution < -0.4 is 11.0 Å². The molecule has 1 aromatic carbocycles. The minimum Gasteiger partial charge on any atom is -0.367 e. The Balaban J connectivity index is 1.70. The summed E-state index contributed by atoms with van der Waals surface area (Å²) < 4.78 is 1.54. The highest BCUT2D eigenvalue weighted by Crippen LogP contribution is 2.18. The van der Waals surface area contributed by atoms with E-state index in [9.17, 15) is 4.79 Å². The number of hydrogen-bond donors (Lipinski definition) is 2. The average Bonchev–Trinajstić information content (AvgIpc) is 2.98. The van der Waals surface area contributed by atoms with E-state index in [1.165, 1.54) is 9.96 Å². The van der Waals surface area contributed by atoms with Crippen molar-refractivity contribution in [2.45, 2.75) is 6.42 Å². The van der Waals surface area contributed by atoms with E-state index in [1.807, 2.05) is 36.4 Å². The molecule has 3 heterocycles. The van der Waals surface area contributed by atoms with E-state index in [2.05, 4.69) is 25.5 Å². The second-order valence-corrected chi connectivity index (χ2v) is 5.17. The number of fused-ring (bicyclic) bond motifs is 3.